The average Bonchev–Trinajstić information content (AvgIpc) is 3.44. The van der Waals surface area contributed by atoms with E-state index in [0.717, 1.165) is 28.0 Å². The largest absolute Gasteiger partial charge is 0.496 e. The van der Waals surface area contributed by atoms with Crippen LogP contribution in [-0.4, -0.2) is 42.9 Å². The molecule has 1 aromatic carbocycles. The molecule has 0 aliphatic rings. The molecule has 0 radical (unpaired) electrons. The van der Waals surface area contributed by atoms with E-state index in [0.29, 0.717) is 15.1 Å². The highest BCUT2D eigenvalue weighted by Gasteiger charge is 2.35. The molecule has 3 aromatic heterocycles. The summed E-state index contributed by atoms with van der Waals surface area (Å²) in [4.78, 5) is 52.4. The Labute approximate surface area is 201 Å². The molecule has 35 heavy (non-hydrogen) atoms. The van der Waals surface area contributed by atoms with Gasteiger partial charge in [-0.3, -0.25) is 14.2 Å². The van der Waals surface area contributed by atoms with E-state index in [1.165, 1.54) is 31.7 Å². The number of carboxylic acid groups (broad SMARTS) is 1. The number of halogens is 1. The Kier molecular flexibility index (Phi) is 5.93. The van der Waals surface area contributed by atoms with Gasteiger partial charge in [0.15, 0.2) is 5.78 Å². The highest BCUT2D eigenvalue weighted by atomic mass is 32.1. The van der Waals surface area contributed by atoms with Crippen LogP contribution in [0.3, 0.4) is 0 Å². The minimum absolute atomic E-state index is 0.0911. The zero-order chi connectivity index (χ0) is 25.7. The van der Waals surface area contributed by atoms with Crippen molar-refractivity contribution in [3.8, 4) is 10.8 Å². The van der Waals surface area contributed by atoms with E-state index in [1.54, 1.807) is 25.4 Å². The third kappa shape index (κ3) is 3.85. The number of hydrogen-bond donors (Lipinski definition) is 1. The number of fused-ring (bicyclic) bond motifs is 1. The third-order valence-electron chi connectivity index (χ3n) is 5.75. The van der Waals surface area contributed by atoms with Crippen molar-refractivity contribution < 1.29 is 23.8 Å². The summed E-state index contributed by atoms with van der Waals surface area (Å²) in [7, 11) is 1.32. The van der Waals surface area contributed by atoms with Crippen molar-refractivity contribution in [2.75, 3.05) is 7.11 Å². The van der Waals surface area contributed by atoms with E-state index in [-0.39, 0.29) is 21.5 Å². The van der Waals surface area contributed by atoms with Gasteiger partial charge in [0.25, 0.3) is 5.56 Å². The molecule has 0 saturated carbocycles. The monoisotopic (exact) mass is 500 g/mol. The van der Waals surface area contributed by atoms with E-state index < -0.39 is 40.9 Å². The van der Waals surface area contributed by atoms with Crippen molar-refractivity contribution in [1.82, 2.24) is 18.9 Å². The SMILES string of the molecule is COc1ccc(F)cc1C(=O)Cn1c(=O)n(C(C)(C)C(=O)O)c(=O)c2c(C)c(-n3cccn3)sc21. The molecule has 182 valence electrons. The van der Waals surface area contributed by atoms with Gasteiger partial charge >= 0.3 is 11.7 Å². The normalized spacial score (nSPS) is 11.7. The van der Waals surface area contributed by atoms with Crippen molar-refractivity contribution >= 4 is 33.3 Å². The fraction of sp³-hybridized carbons (Fsp3) is 0.261. The van der Waals surface area contributed by atoms with Gasteiger partial charge in [0.2, 0.25) is 0 Å². The number of carbonyl (C=O) groups excluding carboxylic acids is 1. The number of ether oxygens (including phenoxy) is 1. The highest BCUT2D eigenvalue weighted by molar-refractivity contribution is 7.21. The molecule has 4 rings (SSSR count). The zero-order valence-electron chi connectivity index (χ0n) is 19.2. The first-order valence-electron chi connectivity index (χ1n) is 10.4. The van der Waals surface area contributed by atoms with Gasteiger partial charge in [-0.15, -0.1) is 0 Å². The smallest absolute Gasteiger partial charge is 0.333 e. The van der Waals surface area contributed by atoms with E-state index in [2.05, 4.69) is 5.10 Å². The summed E-state index contributed by atoms with van der Waals surface area (Å²) >= 11 is 1.06. The molecule has 0 amide bonds. The first-order chi connectivity index (χ1) is 16.5. The van der Waals surface area contributed by atoms with Crippen LogP contribution in [0.4, 0.5) is 4.39 Å². The topological polar surface area (TPSA) is 125 Å². The van der Waals surface area contributed by atoms with Crippen LogP contribution in [0, 0.1) is 12.7 Å². The molecule has 0 saturated heterocycles. The number of nitrogens with zero attached hydrogens (tertiary/aromatic N) is 4. The first kappa shape index (κ1) is 24.1. The Morgan fingerprint density at radius 1 is 1.26 bits per heavy atom. The number of benzene rings is 1. The molecule has 0 aliphatic heterocycles. The molecule has 0 bridgehead atoms. The Bertz CT molecular complexity index is 1600. The van der Waals surface area contributed by atoms with E-state index in [9.17, 15) is 28.7 Å². The minimum atomic E-state index is -1.91. The lowest BCUT2D eigenvalue weighted by atomic mass is 10.1. The number of methoxy groups -OCH3 is 1. The van der Waals surface area contributed by atoms with Crippen LogP contribution in [0.1, 0.15) is 29.8 Å². The van der Waals surface area contributed by atoms with Crippen LogP contribution in [0.25, 0.3) is 15.2 Å². The molecule has 1 N–H and O–H groups in total. The Hall–Kier alpha value is -4.06. The lowest BCUT2D eigenvalue weighted by Crippen LogP contribution is -2.52. The predicted octanol–water partition coefficient (Wildman–Crippen LogP) is 2.57. The Balaban J connectivity index is 2.04. The second-order valence-corrected chi connectivity index (χ2v) is 9.28. The number of carbonyl (C=O) groups is 2. The standard InChI is InChI=1S/C23H21FN4O6S/c1-12-17-18(30)28(23(2,3)21(31)32)22(33)26(20(17)35-19(12)27-9-5-8-25-27)11-15(29)14-10-13(24)6-7-16(14)34-4/h5-10H,11H2,1-4H3,(H,31,32). The summed E-state index contributed by atoms with van der Waals surface area (Å²) in [5.41, 5.74) is -3.31. The molecular weight excluding hydrogens is 479 g/mol. The molecular formula is C23H21FN4O6S. The van der Waals surface area contributed by atoms with E-state index in [1.807, 2.05) is 0 Å². The van der Waals surface area contributed by atoms with Gasteiger partial charge in [-0.2, -0.15) is 5.10 Å². The van der Waals surface area contributed by atoms with Gasteiger partial charge in [0, 0.05) is 18.0 Å². The van der Waals surface area contributed by atoms with Crippen LogP contribution < -0.4 is 16.0 Å². The van der Waals surface area contributed by atoms with Crippen LogP contribution in [-0.2, 0) is 16.9 Å². The quantitative estimate of drug-likeness (QED) is 0.387. The summed E-state index contributed by atoms with van der Waals surface area (Å²) in [5, 5.41) is 14.5. The number of aliphatic carboxylic acids is 1. The summed E-state index contributed by atoms with van der Waals surface area (Å²) in [6, 6.07) is 5.10. The first-order valence-corrected chi connectivity index (χ1v) is 11.2. The van der Waals surface area contributed by atoms with Crippen LogP contribution in [0.2, 0.25) is 0 Å². The molecule has 3 heterocycles. The maximum atomic E-state index is 13.9. The fourth-order valence-corrected chi connectivity index (χ4v) is 5.03. The van der Waals surface area contributed by atoms with Crippen molar-refractivity contribution in [1.29, 1.82) is 0 Å². The lowest BCUT2D eigenvalue weighted by Gasteiger charge is -2.23. The number of carboxylic acids is 1. The maximum absolute atomic E-state index is 13.9. The number of aromatic nitrogens is 4. The summed E-state index contributed by atoms with van der Waals surface area (Å²) in [5.74, 6) is -2.62. The molecule has 0 aliphatic carbocycles. The predicted molar refractivity (Wildman–Crippen MR) is 126 cm³/mol. The van der Waals surface area contributed by atoms with Crippen molar-refractivity contribution in [2.24, 2.45) is 0 Å². The lowest BCUT2D eigenvalue weighted by molar-refractivity contribution is -0.146. The molecule has 0 atom stereocenters. The van der Waals surface area contributed by atoms with Gasteiger partial charge < -0.3 is 9.84 Å². The molecule has 0 spiro atoms. The number of aryl methyl sites for hydroxylation is 1. The Morgan fingerprint density at radius 3 is 2.57 bits per heavy atom. The van der Waals surface area contributed by atoms with Gasteiger partial charge in [0.1, 0.15) is 26.9 Å². The van der Waals surface area contributed by atoms with Crippen LogP contribution in [0.15, 0.2) is 46.2 Å². The number of ketones is 1. The fourth-order valence-electron chi connectivity index (χ4n) is 3.80. The van der Waals surface area contributed by atoms with E-state index in [4.69, 9.17) is 4.74 Å². The van der Waals surface area contributed by atoms with E-state index >= 15 is 0 Å². The third-order valence-corrected chi connectivity index (χ3v) is 7.05. The van der Waals surface area contributed by atoms with Crippen molar-refractivity contribution in [3.05, 3.63) is 74.4 Å². The maximum Gasteiger partial charge on any atom is 0.333 e. The molecule has 4 aromatic rings. The summed E-state index contributed by atoms with van der Waals surface area (Å²) in [6.07, 6.45) is 3.20. The van der Waals surface area contributed by atoms with Crippen molar-refractivity contribution in [2.45, 2.75) is 32.9 Å². The number of hydrogen-bond acceptors (Lipinski definition) is 7. The molecule has 0 fully saturated rings. The Morgan fingerprint density at radius 2 is 1.97 bits per heavy atom. The van der Waals surface area contributed by atoms with Gasteiger partial charge in [-0.25, -0.2) is 23.2 Å². The van der Waals surface area contributed by atoms with Crippen molar-refractivity contribution in [3.63, 3.8) is 0 Å². The average molecular weight is 501 g/mol. The molecule has 12 heteroatoms. The van der Waals surface area contributed by atoms with Crippen LogP contribution >= 0.6 is 11.3 Å². The zero-order valence-corrected chi connectivity index (χ0v) is 20.1. The van der Waals surface area contributed by atoms with Crippen LogP contribution in [0.5, 0.6) is 5.75 Å². The minimum Gasteiger partial charge on any atom is -0.496 e. The molecule has 0 unspecified atom stereocenters. The summed E-state index contributed by atoms with van der Waals surface area (Å²) < 4.78 is 22.2. The second-order valence-electron chi connectivity index (χ2n) is 8.30. The number of thiophene rings is 1. The van der Waals surface area contributed by atoms with Gasteiger partial charge in [0.05, 0.1) is 24.6 Å². The highest BCUT2D eigenvalue weighted by Crippen LogP contribution is 2.31. The molecule has 10 nitrogen and oxygen atoms in total. The summed E-state index contributed by atoms with van der Waals surface area (Å²) in [6.45, 7) is 3.52. The second kappa shape index (κ2) is 8.62. The van der Waals surface area contributed by atoms with Gasteiger partial charge in [-0.05, 0) is 45.0 Å². The number of rotatable bonds is 7. The van der Waals surface area contributed by atoms with Gasteiger partial charge in [-0.1, -0.05) is 11.3 Å². The number of Topliss-reactive ketones (excluding diaryl/α,β-unsaturated/α-hetero) is 1.